The molecule has 0 saturated carbocycles. The topological polar surface area (TPSA) is 57.0 Å². The Morgan fingerprint density at radius 1 is 1.59 bits per heavy atom. The number of thiazole rings is 1. The summed E-state index contributed by atoms with van der Waals surface area (Å²) in [7, 11) is 1.39. The zero-order valence-electron chi connectivity index (χ0n) is 9.31. The Bertz CT molecular complexity index is 593. The van der Waals surface area contributed by atoms with E-state index in [2.05, 4.69) is 9.97 Å². The lowest BCUT2D eigenvalue weighted by molar-refractivity contribution is 0.401. The molecule has 0 unspecified atom stereocenters. The van der Waals surface area contributed by atoms with Gasteiger partial charge >= 0.3 is 0 Å². The van der Waals surface area contributed by atoms with Crippen LogP contribution in [0, 0.1) is 6.92 Å². The molecule has 0 aliphatic carbocycles. The van der Waals surface area contributed by atoms with E-state index in [-0.39, 0.29) is 16.5 Å². The minimum Gasteiger partial charge on any atom is -0.489 e. The van der Waals surface area contributed by atoms with Crippen LogP contribution in [0.3, 0.4) is 0 Å². The van der Waals surface area contributed by atoms with E-state index in [9.17, 15) is 4.79 Å². The quantitative estimate of drug-likeness (QED) is 0.798. The molecule has 90 valence electrons. The van der Waals surface area contributed by atoms with Gasteiger partial charge in [0.15, 0.2) is 5.15 Å². The van der Waals surface area contributed by atoms with Crippen molar-refractivity contribution >= 4 is 22.9 Å². The lowest BCUT2D eigenvalue weighted by atomic mass is 10.5. The molecule has 0 radical (unpaired) electrons. The zero-order valence-corrected chi connectivity index (χ0v) is 10.9. The minimum absolute atomic E-state index is 0.0578. The van der Waals surface area contributed by atoms with Gasteiger partial charge in [-0.2, -0.15) is 0 Å². The summed E-state index contributed by atoms with van der Waals surface area (Å²) in [6.07, 6.45) is 1.39. The normalized spacial score (nSPS) is 10.5. The van der Waals surface area contributed by atoms with E-state index in [1.54, 1.807) is 0 Å². The van der Waals surface area contributed by atoms with Gasteiger partial charge in [-0.3, -0.25) is 9.36 Å². The molecule has 2 rings (SSSR count). The lowest BCUT2D eigenvalue weighted by Crippen LogP contribution is -2.22. The van der Waals surface area contributed by atoms with Crippen molar-refractivity contribution in [3.05, 3.63) is 37.9 Å². The second-order valence-electron chi connectivity index (χ2n) is 3.38. The van der Waals surface area contributed by atoms with E-state index < -0.39 is 0 Å². The molecule has 0 aliphatic rings. The van der Waals surface area contributed by atoms with E-state index in [1.165, 1.54) is 29.3 Å². The number of aromatic nitrogens is 3. The smallest absolute Gasteiger partial charge is 0.297 e. The van der Waals surface area contributed by atoms with Crippen molar-refractivity contribution in [3.63, 3.8) is 0 Å². The molecule has 0 N–H and O–H groups in total. The summed E-state index contributed by atoms with van der Waals surface area (Å²) in [6, 6.07) is 0. The van der Waals surface area contributed by atoms with E-state index in [0.29, 0.717) is 6.54 Å². The summed E-state index contributed by atoms with van der Waals surface area (Å²) >= 11 is 7.24. The predicted molar refractivity (Wildman–Crippen MR) is 66.0 cm³/mol. The van der Waals surface area contributed by atoms with Crippen LogP contribution in [-0.4, -0.2) is 21.6 Å². The van der Waals surface area contributed by atoms with Crippen LogP contribution in [-0.2, 0) is 6.54 Å². The van der Waals surface area contributed by atoms with E-state index >= 15 is 0 Å². The molecule has 2 aromatic rings. The number of hydrogen-bond donors (Lipinski definition) is 0. The maximum absolute atomic E-state index is 11.9. The first-order valence-electron chi connectivity index (χ1n) is 4.81. The van der Waals surface area contributed by atoms with Crippen molar-refractivity contribution in [1.82, 2.24) is 14.5 Å². The van der Waals surface area contributed by atoms with Crippen LogP contribution in [0.15, 0.2) is 16.5 Å². The molecule has 17 heavy (non-hydrogen) atoms. The third kappa shape index (κ3) is 2.48. The summed E-state index contributed by atoms with van der Waals surface area (Å²) in [5, 5.41) is 2.85. The maximum atomic E-state index is 11.9. The number of methoxy groups -OCH3 is 1. The summed E-state index contributed by atoms with van der Waals surface area (Å²) in [6.45, 7) is 2.28. The first-order valence-corrected chi connectivity index (χ1v) is 6.07. The number of ether oxygens (including phenoxy) is 1. The molecule has 0 amide bonds. The van der Waals surface area contributed by atoms with Crippen molar-refractivity contribution in [2.45, 2.75) is 13.5 Å². The van der Waals surface area contributed by atoms with Crippen molar-refractivity contribution in [2.75, 3.05) is 7.11 Å². The summed E-state index contributed by atoms with van der Waals surface area (Å²) in [5.41, 5.74) is 0.632. The largest absolute Gasteiger partial charge is 0.489 e. The second kappa shape index (κ2) is 4.85. The Balaban J connectivity index is 2.37. The Hall–Kier alpha value is -1.40. The Kier molecular flexibility index (Phi) is 3.44. The first-order chi connectivity index (χ1) is 8.11. The van der Waals surface area contributed by atoms with Gasteiger partial charge in [-0.25, -0.2) is 9.97 Å². The highest BCUT2D eigenvalue weighted by Crippen LogP contribution is 2.16. The number of rotatable bonds is 3. The monoisotopic (exact) mass is 271 g/mol. The number of hydrogen-bond acceptors (Lipinski definition) is 5. The van der Waals surface area contributed by atoms with Crippen molar-refractivity contribution in [3.8, 4) is 5.75 Å². The average molecular weight is 272 g/mol. The Morgan fingerprint density at radius 2 is 2.35 bits per heavy atom. The van der Waals surface area contributed by atoms with Gasteiger partial charge in [0.25, 0.3) is 5.56 Å². The van der Waals surface area contributed by atoms with Gasteiger partial charge in [-0.15, -0.1) is 11.3 Å². The van der Waals surface area contributed by atoms with Crippen LogP contribution in [0.25, 0.3) is 0 Å². The lowest BCUT2D eigenvalue weighted by Gasteiger charge is -2.06. The minimum atomic E-state index is -0.305. The van der Waals surface area contributed by atoms with Crippen molar-refractivity contribution in [1.29, 1.82) is 0 Å². The molecule has 7 heteroatoms. The van der Waals surface area contributed by atoms with E-state index in [1.807, 2.05) is 12.3 Å². The zero-order chi connectivity index (χ0) is 12.4. The fourth-order valence-electron chi connectivity index (χ4n) is 1.36. The highest BCUT2D eigenvalue weighted by molar-refractivity contribution is 7.09. The molecule has 0 aliphatic heterocycles. The number of halogens is 1. The van der Waals surface area contributed by atoms with Crippen LogP contribution in [0.1, 0.15) is 10.7 Å². The molecule has 0 atom stereocenters. The summed E-state index contributed by atoms with van der Waals surface area (Å²) in [5.74, 6) is 0.0578. The molecule has 2 heterocycles. The van der Waals surface area contributed by atoms with Gasteiger partial charge in [0.2, 0.25) is 5.75 Å². The first kappa shape index (κ1) is 12.1. The van der Waals surface area contributed by atoms with Gasteiger partial charge in [-0.05, 0) is 6.92 Å². The number of aryl methyl sites for hydroxylation is 1. The van der Waals surface area contributed by atoms with E-state index in [0.717, 1.165) is 10.7 Å². The third-order valence-electron chi connectivity index (χ3n) is 2.13. The third-order valence-corrected chi connectivity index (χ3v) is 3.35. The summed E-state index contributed by atoms with van der Waals surface area (Å²) in [4.78, 5) is 20.1. The Labute approximate surface area is 107 Å². The van der Waals surface area contributed by atoms with Gasteiger partial charge in [-0.1, -0.05) is 11.6 Å². The van der Waals surface area contributed by atoms with Crippen molar-refractivity contribution in [2.24, 2.45) is 0 Å². The molecular formula is C10H10ClN3O2S. The van der Waals surface area contributed by atoms with Crippen LogP contribution < -0.4 is 10.3 Å². The predicted octanol–water partition coefficient (Wildman–Crippen LogP) is 1.72. The molecule has 0 spiro atoms. The molecule has 0 aromatic carbocycles. The van der Waals surface area contributed by atoms with Crippen LogP contribution in [0.2, 0.25) is 5.15 Å². The number of nitrogens with zero attached hydrogens (tertiary/aromatic N) is 3. The van der Waals surface area contributed by atoms with Crippen LogP contribution >= 0.6 is 22.9 Å². The van der Waals surface area contributed by atoms with Gasteiger partial charge in [0, 0.05) is 11.1 Å². The van der Waals surface area contributed by atoms with Gasteiger partial charge in [0.1, 0.15) is 5.01 Å². The second-order valence-corrected chi connectivity index (χ2v) is 4.68. The van der Waals surface area contributed by atoms with Gasteiger partial charge < -0.3 is 4.74 Å². The fraction of sp³-hybridized carbons (Fsp3) is 0.300. The molecule has 2 aromatic heterocycles. The standard InChI is InChI=1S/C10H10ClN3O2S/c1-6-4-17-7(13-6)3-14-5-12-9(11)8(16-2)10(14)15/h4-5H,3H2,1-2H3. The summed E-state index contributed by atoms with van der Waals surface area (Å²) < 4.78 is 6.33. The Morgan fingerprint density at radius 3 is 2.94 bits per heavy atom. The SMILES string of the molecule is COc1c(Cl)ncn(Cc2nc(C)cs2)c1=O. The highest BCUT2D eigenvalue weighted by Gasteiger charge is 2.11. The van der Waals surface area contributed by atoms with Crippen LogP contribution in [0.4, 0.5) is 0 Å². The van der Waals surface area contributed by atoms with Crippen molar-refractivity contribution < 1.29 is 4.74 Å². The molecule has 0 bridgehead atoms. The molecule has 5 nitrogen and oxygen atoms in total. The highest BCUT2D eigenvalue weighted by atomic mass is 35.5. The maximum Gasteiger partial charge on any atom is 0.297 e. The molecule has 0 saturated heterocycles. The molecule has 0 fully saturated rings. The van der Waals surface area contributed by atoms with E-state index in [4.69, 9.17) is 16.3 Å². The fourth-order valence-corrected chi connectivity index (χ4v) is 2.33. The van der Waals surface area contributed by atoms with Gasteiger partial charge in [0.05, 0.1) is 20.0 Å². The average Bonchev–Trinajstić information content (AvgIpc) is 2.69. The van der Waals surface area contributed by atoms with Crippen LogP contribution in [0.5, 0.6) is 5.75 Å². The molecular weight excluding hydrogens is 262 g/mol.